The molecule has 0 N–H and O–H groups in total. The van der Waals surface area contributed by atoms with Crippen LogP contribution < -0.4 is 0 Å². The minimum absolute atomic E-state index is 0.656. The van der Waals surface area contributed by atoms with Crippen LogP contribution in [0.1, 0.15) is 65.2 Å². The smallest absolute Gasteiger partial charge is 0.244 e. The van der Waals surface area contributed by atoms with Crippen LogP contribution in [-0.2, 0) is 20.9 Å². The average molecular weight is 419 g/mol. The monoisotopic (exact) mass is 418 g/mol. The number of rotatable bonds is 18. The number of hydrogen-bond donors (Lipinski definition) is 1. The van der Waals surface area contributed by atoms with E-state index < -0.39 is 5.69 Å². The fourth-order valence-corrected chi connectivity index (χ4v) is 5.46. The van der Waals surface area contributed by atoms with E-state index in [1.165, 1.54) is 62.9 Å². The Morgan fingerprint density at radius 3 is 1.57 bits per heavy atom. The van der Waals surface area contributed by atoms with Gasteiger partial charge in [-0.3, -0.25) is 0 Å². The summed E-state index contributed by atoms with van der Waals surface area (Å²) in [6, 6.07) is 0. The minimum atomic E-state index is -2.32. The molecular weight excluding hydrogens is 383 g/mol. The molecule has 0 aliphatic heterocycles. The predicted octanol–water partition coefficient (Wildman–Crippen LogP) is 6.80. The molecule has 0 atom stereocenters. The van der Waals surface area contributed by atoms with Crippen molar-refractivity contribution in [2.75, 3.05) is 36.2 Å². The van der Waals surface area contributed by atoms with E-state index in [1.54, 1.807) is 0 Å². The molecule has 0 saturated heterocycles. The van der Waals surface area contributed by atoms with E-state index >= 15 is 0 Å². The zero-order chi connectivity index (χ0) is 17.2. The van der Waals surface area contributed by atoms with Gasteiger partial charge < -0.3 is 9.05 Å². The molecule has 0 aliphatic carbocycles. The van der Waals surface area contributed by atoms with Crippen molar-refractivity contribution in [2.45, 2.75) is 65.2 Å². The lowest BCUT2D eigenvalue weighted by Crippen LogP contribution is -1.99. The van der Waals surface area contributed by atoms with Gasteiger partial charge in [-0.25, -0.2) is 0 Å². The second kappa shape index (κ2) is 18.4. The van der Waals surface area contributed by atoms with Crippen LogP contribution in [0.25, 0.3) is 0 Å². The first-order valence-electron chi connectivity index (χ1n) is 8.89. The Labute approximate surface area is 163 Å². The molecule has 0 spiro atoms. The van der Waals surface area contributed by atoms with Crippen LogP contribution in [0.3, 0.4) is 0 Å². The molecule has 2 nitrogen and oxygen atoms in total. The van der Waals surface area contributed by atoms with Gasteiger partial charge in [0.1, 0.15) is 0 Å². The molecule has 0 unspecified atom stereocenters. The molecule has 140 valence electrons. The Morgan fingerprint density at radius 1 is 0.739 bits per heavy atom. The highest BCUT2D eigenvalue weighted by molar-refractivity contribution is 8.60. The molecule has 0 saturated carbocycles. The van der Waals surface area contributed by atoms with Crippen LogP contribution >= 0.6 is 41.5 Å². The van der Waals surface area contributed by atoms with Crippen LogP contribution in [0.5, 0.6) is 0 Å². The van der Waals surface area contributed by atoms with Crippen molar-refractivity contribution >= 4 is 53.3 Å². The quantitative estimate of drug-likeness (QED) is 0.149. The summed E-state index contributed by atoms with van der Waals surface area (Å²) in [6.07, 6.45) is 10.6. The van der Waals surface area contributed by atoms with E-state index in [0.717, 1.165) is 11.5 Å². The maximum Gasteiger partial charge on any atom is 0.244 e. The van der Waals surface area contributed by atoms with Crippen molar-refractivity contribution in [3.05, 3.63) is 0 Å². The fourth-order valence-electron chi connectivity index (χ4n) is 1.93. The first-order valence-corrected chi connectivity index (χ1v) is 15.0. The van der Waals surface area contributed by atoms with Crippen molar-refractivity contribution in [2.24, 2.45) is 0 Å². The number of thiol groups is 1. The van der Waals surface area contributed by atoms with Gasteiger partial charge in [0.15, 0.2) is 0 Å². The normalized spacial score (nSPS) is 12.0. The predicted molar refractivity (Wildman–Crippen MR) is 118 cm³/mol. The average Bonchev–Trinajstić information content (AvgIpc) is 2.52. The molecule has 0 aromatic heterocycles. The lowest BCUT2D eigenvalue weighted by atomic mass is 10.2. The Balaban J connectivity index is 3.35. The molecule has 0 fully saturated rings. The molecule has 0 aliphatic rings. The summed E-state index contributed by atoms with van der Waals surface area (Å²) in [6.45, 7) is 5.80. The Kier molecular flexibility index (Phi) is 19.7. The molecule has 7 heteroatoms. The number of thioether (sulfide) groups is 2. The Morgan fingerprint density at radius 2 is 1.17 bits per heavy atom. The van der Waals surface area contributed by atoms with Crippen molar-refractivity contribution in [1.82, 2.24) is 0 Å². The highest BCUT2D eigenvalue weighted by Crippen LogP contribution is 2.53. The number of hydrogen-bond acceptors (Lipinski definition) is 5. The van der Waals surface area contributed by atoms with Crippen molar-refractivity contribution in [3.8, 4) is 0 Å². The van der Waals surface area contributed by atoms with E-state index in [2.05, 4.69) is 26.1 Å². The standard InChI is InChI=1S/C16H35O2PS4/c1-3-5-7-9-13-22-15-11-17-19(20,21)18-12-16-23-14-10-8-6-4-2/h3-16H2,1-2H3,(H,20,21). The molecule has 0 rings (SSSR count). The van der Waals surface area contributed by atoms with E-state index in [1.807, 2.05) is 23.5 Å². The Bertz CT molecular complexity index is 269. The fraction of sp³-hybridized carbons (Fsp3) is 1.00. The van der Waals surface area contributed by atoms with Gasteiger partial charge in [0.05, 0.1) is 13.2 Å². The zero-order valence-corrected chi connectivity index (χ0v) is 19.1. The summed E-state index contributed by atoms with van der Waals surface area (Å²) in [7, 11) is 0. The van der Waals surface area contributed by atoms with Gasteiger partial charge in [0.25, 0.3) is 0 Å². The van der Waals surface area contributed by atoms with Crippen molar-refractivity contribution in [1.29, 1.82) is 0 Å². The first-order chi connectivity index (χ1) is 11.1. The second-order valence-corrected chi connectivity index (χ2v) is 13.2. The summed E-state index contributed by atoms with van der Waals surface area (Å²) >= 11 is 13.6. The number of unbranched alkanes of at least 4 members (excludes halogenated alkanes) is 6. The third-order valence-electron chi connectivity index (χ3n) is 3.25. The van der Waals surface area contributed by atoms with Gasteiger partial charge >= 0.3 is 0 Å². The van der Waals surface area contributed by atoms with E-state index in [0.29, 0.717) is 13.2 Å². The molecule has 0 amide bonds. The van der Waals surface area contributed by atoms with E-state index in [-0.39, 0.29) is 0 Å². The maximum atomic E-state index is 5.65. The molecular formula is C16H35O2PS4. The van der Waals surface area contributed by atoms with Crippen LogP contribution in [0.4, 0.5) is 0 Å². The third kappa shape index (κ3) is 19.8. The minimum Gasteiger partial charge on any atom is -0.321 e. The molecule has 23 heavy (non-hydrogen) atoms. The third-order valence-corrected chi connectivity index (χ3v) is 7.66. The molecule has 0 aromatic carbocycles. The molecule has 0 radical (unpaired) electrons. The summed E-state index contributed by atoms with van der Waals surface area (Å²) in [5.41, 5.74) is -2.32. The zero-order valence-electron chi connectivity index (χ0n) is 14.8. The van der Waals surface area contributed by atoms with Crippen molar-refractivity contribution < 1.29 is 9.05 Å². The SMILES string of the molecule is CCCCCCSCCOP(=S)(S)OCCSCCCCCC. The van der Waals surface area contributed by atoms with Gasteiger partial charge in [-0.15, -0.1) is 0 Å². The summed E-state index contributed by atoms with van der Waals surface area (Å²) in [5.74, 6) is 4.41. The van der Waals surface area contributed by atoms with Crippen LogP contribution in [-0.4, -0.2) is 36.2 Å². The van der Waals surface area contributed by atoms with Crippen LogP contribution in [0.2, 0.25) is 0 Å². The lowest BCUT2D eigenvalue weighted by molar-refractivity contribution is 0.284. The van der Waals surface area contributed by atoms with Gasteiger partial charge in [0, 0.05) is 11.5 Å². The molecule has 0 bridgehead atoms. The van der Waals surface area contributed by atoms with Gasteiger partial charge in [0.2, 0.25) is 5.69 Å². The summed E-state index contributed by atoms with van der Waals surface area (Å²) in [5, 5.41) is 0. The van der Waals surface area contributed by atoms with Crippen LogP contribution in [0.15, 0.2) is 0 Å². The van der Waals surface area contributed by atoms with Crippen LogP contribution in [0, 0.1) is 0 Å². The summed E-state index contributed by atoms with van der Waals surface area (Å²) < 4.78 is 11.3. The summed E-state index contributed by atoms with van der Waals surface area (Å²) in [4.78, 5) is 0. The van der Waals surface area contributed by atoms with E-state index in [9.17, 15) is 0 Å². The Hall–Kier alpha value is 1.62. The maximum absolute atomic E-state index is 5.65. The second-order valence-electron chi connectivity index (χ2n) is 5.48. The molecule has 0 aromatic rings. The van der Waals surface area contributed by atoms with Gasteiger partial charge in [-0.1, -0.05) is 64.6 Å². The lowest BCUT2D eigenvalue weighted by Gasteiger charge is -2.16. The topological polar surface area (TPSA) is 18.5 Å². The highest BCUT2D eigenvalue weighted by Gasteiger charge is 2.12. The largest absolute Gasteiger partial charge is 0.321 e. The van der Waals surface area contributed by atoms with E-state index in [4.69, 9.17) is 20.9 Å². The van der Waals surface area contributed by atoms with Gasteiger partial charge in [-0.05, 0) is 36.2 Å². The van der Waals surface area contributed by atoms with Gasteiger partial charge in [-0.2, -0.15) is 23.5 Å². The van der Waals surface area contributed by atoms with Crippen molar-refractivity contribution in [3.63, 3.8) is 0 Å². The first kappa shape index (κ1) is 24.6. The molecule has 0 heterocycles. The highest BCUT2D eigenvalue weighted by atomic mass is 32.9.